The van der Waals surface area contributed by atoms with E-state index in [1.54, 1.807) is 6.92 Å². The molecule has 2 heterocycles. The number of hydrogen-bond donors (Lipinski definition) is 2. The molecule has 1 aliphatic carbocycles. The number of thiophene rings is 1. The van der Waals surface area contributed by atoms with Gasteiger partial charge in [0.2, 0.25) is 5.91 Å². The van der Waals surface area contributed by atoms with Crippen molar-refractivity contribution in [2.24, 2.45) is 5.92 Å². The first kappa shape index (κ1) is 14.5. The summed E-state index contributed by atoms with van der Waals surface area (Å²) in [4.78, 5) is 25.7. The lowest BCUT2D eigenvalue weighted by Gasteiger charge is -2.11. The summed E-state index contributed by atoms with van der Waals surface area (Å²) < 4.78 is 5.16. The largest absolute Gasteiger partial charge is 0.462 e. The maximum atomic E-state index is 12.3. The molecule has 5 nitrogen and oxygen atoms in total. The van der Waals surface area contributed by atoms with E-state index in [1.165, 1.54) is 16.2 Å². The summed E-state index contributed by atoms with van der Waals surface area (Å²) in [5, 5.41) is 6.82. The number of nitrogens with one attached hydrogen (secondary N) is 2. The molecule has 1 aromatic heterocycles. The highest BCUT2D eigenvalue weighted by Crippen LogP contribution is 2.39. The highest BCUT2D eigenvalue weighted by molar-refractivity contribution is 7.17. The molecule has 1 aromatic rings. The van der Waals surface area contributed by atoms with Gasteiger partial charge in [-0.15, -0.1) is 11.3 Å². The molecule has 1 unspecified atom stereocenters. The van der Waals surface area contributed by atoms with Crippen molar-refractivity contribution < 1.29 is 14.3 Å². The molecule has 3 rings (SSSR count). The van der Waals surface area contributed by atoms with Gasteiger partial charge >= 0.3 is 5.97 Å². The highest BCUT2D eigenvalue weighted by Gasteiger charge is 2.30. The molecule has 0 bridgehead atoms. The quantitative estimate of drug-likeness (QED) is 0.835. The lowest BCUT2D eigenvalue weighted by atomic mass is 10.1. The van der Waals surface area contributed by atoms with Crippen LogP contribution in [0.15, 0.2) is 0 Å². The summed E-state index contributed by atoms with van der Waals surface area (Å²) in [5.41, 5.74) is 1.67. The third-order valence-electron chi connectivity index (χ3n) is 4.07. The van der Waals surface area contributed by atoms with Gasteiger partial charge in [-0.25, -0.2) is 4.79 Å². The smallest absolute Gasteiger partial charge is 0.341 e. The minimum Gasteiger partial charge on any atom is -0.462 e. The Hall–Kier alpha value is -1.40. The molecule has 0 aromatic carbocycles. The maximum absolute atomic E-state index is 12.3. The normalized spacial score (nSPS) is 20.3. The second-order valence-corrected chi connectivity index (χ2v) is 6.57. The molecule has 1 amide bonds. The van der Waals surface area contributed by atoms with E-state index in [1.807, 2.05) is 0 Å². The zero-order chi connectivity index (χ0) is 14.8. The SMILES string of the molecule is CCOC(=O)c1c(NC(=O)C2CCNC2)sc2c1CCC2. The third-order valence-corrected chi connectivity index (χ3v) is 5.28. The van der Waals surface area contributed by atoms with Crippen LogP contribution < -0.4 is 10.6 Å². The maximum Gasteiger partial charge on any atom is 0.341 e. The lowest BCUT2D eigenvalue weighted by molar-refractivity contribution is -0.119. The molecule has 0 radical (unpaired) electrons. The van der Waals surface area contributed by atoms with Gasteiger partial charge in [0.15, 0.2) is 0 Å². The molecule has 2 N–H and O–H groups in total. The Morgan fingerprint density at radius 2 is 2.29 bits per heavy atom. The molecule has 0 spiro atoms. The Balaban J connectivity index is 1.84. The molecular weight excluding hydrogens is 288 g/mol. The fourth-order valence-corrected chi connectivity index (χ4v) is 4.28. The van der Waals surface area contributed by atoms with Crippen molar-refractivity contribution in [1.29, 1.82) is 0 Å². The van der Waals surface area contributed by atoms with E-state index in [0.717, 1.165) is 37.8 Å². The fourth-order valence-electron chi connectivity index (χ4n) is 3.00. The van der Waals surface area contributed by atoms with Gasteiger partial charge < -0.3 is 15.4 Å². The van der Waals surface area contributed by atoms with Crippen LogP contribution in [0.1, 0.15) is 40.6 Å². The fraction of sp³-hybridized carbons (Fsp3) is 0.600. The molecular formula is C15H20N2O3S. The van der Waals surface area contributed by atoms with Gasteiger partial charge in [-0.1, -0.05) is 0 Å². The Morgan fingerprint density at radius 1 is 1.43 bits per heavy atom. The minimum atomic E-state index is -0.309. The van der Waals surface area contributed by atoms with Crippen molar-refractivity contribution >= 4 is 28.2 Å². The van der Waals surface area contributed by atoms with Crippen LogP contribution in [0, 0.1) is 5.92 Å². The van der Waals surface area contributed by atoms with Crippen LogP contribution >= 0.6 is 11.3 Å². The second-order valence-electron chi connectivity index (χ2n) is 5.46. The van der Waals surface area contributed by atoms with Crippen molar-refractivity contribution in [1.82, 2.24) is 5.32 Å². The van der Waals surface area contributed by atoms with Crippen molar-refractivity contribution in [2.75, 3.05) is 25.0 Å². The van der Waals surface area contributed by atoms with E-state index in [9.17, 15) is 9.59 Å². The number of rotatable bonds is 4. The monoisotopic (exact) mass is 308 g/mol. The van der Waals surface area contributed by atoms with E-state index in [2.05, 4.69) is 10.6 Å². The number of carbonyl (C=O) groups excluding carboxylic acids is 2. The average molecular weight is 308 g/mol. The van der Waals surface area contributed by atoms with E-state index < -0.39 is 0 Å². The van der Waals surface area contributed by atoms with Gasteiger partial charge in [0.05, 0.1) is 18.1 Å². The van der Waals surface area contributed by atoms with Crippen LogP contribution in [0.25, 0.3) is 0 Å². The number of anilines is 1. The van der Waals surface area contributed by atoms with E-state index >= 15 is 0 Å². The third kappa shape index (κ3) is 2.82. The van der Waals surface area contributed by atoms with Crippen LogP contribution in [0.4, 0.5) is 5.00 Å². The zero-order valence-corrected chi connectivity index (χ0v) is 13.0. The average Bonchev–Trinajstić information content (AvgIpc) is 3.14. The topological polar surface area (TPSA) is 67.4 Å². The Kier molecular flexibility index (Phi) is 4.26. The zero-order valence-electron chi connectivity index (χ0n) is 12.2. The van der Waals surface area contributed by atoms with E-state index in [0.29, 0.717) is 23.7 Å². The Morgan fingerprint density at radius 3 is 3.00 bits per heavy atom. The van der Waals surface area contributed by atoms with Gasteiger partial charge in [-0.3, -0.25) is 4.79 Å². The van der Waals surface area contributed by atoms with Crippen LogP contribution in [0.3, 0.4) is 0 Å². The molecule has 1 saturated heterocycles. The van der Waals surface area contributed by atoms with E-state index in [4.69, 9.17) is 4.74 Å². The second kappa shape index (κ2) is 6.15. The summed E-state index contributed by atoms with van der Waals surface area (Å²) in [6.07, 6.45) is 3.83. The summed E-state index contributed by atoms with van der Waals surface area (Å²) in [6.45, 7) is 3.74. The summed E-state index contributed by atoms with van der Waals surface area (Å²) in [6, 6.07) is 0. The first-order valence-electron chi connectivity index (χ1n) is 7.54. The van der Waals surface area contributed by atoms with Crippen LogP contribution in [-0.4, -0.2) is 31.6 Å². The number of aryl methyl sites for hydroxylation is 1. The predicted molar refractivity (Wildman–Crippen MR) is 81.9 cm³/mol. The number of esters is 1. The van der Waals surface area contributed by atoms with Gasteiger partial charge in [0, 0.05) is 11.4 Å². The number of fused-ring (bicyclic) bond motifs is 1. The van der Waals surface area contributed by atoms with Gasteiger partial charge in [0.1, 0.15) is 5.00 Å². The number of amides is 1. The summed E-state index contributed by atoms with van der Waals surface area (Å²) in [5.74, 6) is -0.306. The number of ether oxygens (including phenoxy) is 1. The lowest BCUT2D eigenvalue weighted by Crippen LogP contribution is -2.25. The van der Waals surface area contributed by atoms with Gasteiger partial charge in [-0.2, -0.15) is 0 Å². The minimum absolute atomic E-state index is 0.00279. The van der Waals surface area contributed by atoms with Gasteiger partial charge in [0.25, 0.3) is 0 Å². The van der Waals surface area contributed by atoms with Crippen molar-refractivity contribution in [3.8, 4) is 0 Å². The van der Waals surface area contributed by atoms with Crippen molar-refractivity contribution in [2.45, 2.75) is 32.6 Å². The highest BCUT2D eigenvalue weighted by atomic mass is 32.1. The van der Waals surface area contributed by atoms with Gasteiger partial charge in [-0.05, 0) is 44.7 Å². The molecule has 6 heteroatoms. The van der Waals surface area contributed by atoms with Crippen molar-refractivity contribution in [3.63, 3.8) is 0 Å². The summed E-state index contributed by atoms with van der Waals surface area (Å²) in [7, 11) is 0. The van der Waals surface area contributed by atoms with Crippen LogP contribution in [0.2, 0.25) is 0 Å². The van der Waals surface area contributed by atoms with Crippen LogP contribution in [-0.2, 0) is 22.4 Å². The molecule has 1 aliphatic heterocycles. The number of hydrogen-bond acceptors (Lipinski definition) is 5. The standard InChI is InChI=1S/C15H20N2O3S/c1-2-20-15(19)12-10-4-3-5-11(10)21-14(12)17-13(18)9-6-7-16-8-9/h9,16H,2-8H2,1H3,(H,17,18). The first-order chi connectivity index (χ1) is 10.2. The molecule has 1 fully saturated rings. The van der Waals surface area contributed by atoms with Crippen molar-refractivity contribution in [3.05, 3.63) is 16.0 Å². The molecule has 0 saturated carbocycles. The van der Waals surface area contributed by atoms with E-state index in [-0.39, 0.29) is 17.8 Å². The predicted octanol–water partition coefficient (Wildman–Crippen LogP) is 1.96. The van der Waals surface area contributed by atoms with Crippen LogP contribution in [0.5, 0.6) is 0 Å². The molecule has 114 valence electrons. The first-order valence-corrected chi connectivity index (χ1v) is 8.35. The Labute approximate surface area is 128 Å². The molecule has 21 heavy (non-hydrogen) atoms. The summed E-state index contributed by atoms with van der Waals surface area (Å²) >= 11 is 1.54. The number of carbonyl (C=O) groups is 2. The Bertz CT molecular complexity index is 562. The molecule has 2 aliphatic rings. The molecule has 1 atom stereocenters.